The molecule has 0 aliphatic carbocycles. The quantitative estimate of drug-likeness (QED) is 0.387. The monoisotopic (exact) mass is 446 g/mol. The zero-order valence-corrected chi connectivity index (χ0v) is 17.3. The fraction of sp³-hybridized carbons (Fsp3) is 0.211. The number of rotatable bonds is 6. The van der Waals surface area contributed by atoms with Crippen LogP contribution in [0.25, 0.3) is 0 Å². The summed E-state index contributed by atoms with van der Waals surface area (Å²) in [5.74, 6) is -1.45. The Bertz CT molecular complexity index is 1210. The van der Waals surface area contributed by atoms with Crippen LogP contribution < -0.4 is 10.0 Å². The molecule has 31 heavy (non-hydrogen) atoms. The summed E-state index contributed by atoms with van der Waals surface area (Å²) < 4.78 is 31.4. The third kappa shape index (κ3) is 4.86. The lowest BCUT2D eigenvalue weighted by Gasteiger charge is -2.11. The summed E-state index contributed by atoms with van der Waals surface area (Å²) in [7, 11) is -3.74. The van der Waals surface area contributed by atoms with Crippen LogP contribution >= 0.6 is 0 Å². The summed E-state index contributed by atoms with van der Waals surface area (Å²) in [6.07, 6.45) is 0. The number of fused-ring (bicyclic) bond motifs is 1. The number of nitrogens with one attached hydrogen (secondary N) is 2. The zero-order valence-electron chi connectivity index (χ0n) is 16.5. The van der Waals surface area contributed by atoms with Gasteiger partial charge in [-0.3, -0.25) is 24.6 Å². The number of amides is 1. The Labute approximate surface area is 177 Å². The number of carbonyl (C=O) groups is 2. The molecule has 1 heterocycles. The molecule has 2 aromatic carbocycles. The first-order valence-electron chi connectivity index (χ1n) is 9.00. The maximum atomic E-state index is 12.2. The molecule has 12 heteroatoms. The number of sulfonamides is 1. The van der Waals surface area contributed by atoms with Crippen molar-refractivity contribution in [3.05, 3.63) is 63.7 Å². The number of nitro groups is 1. The van der Waals surface area contributed by atoms with Crippen LogP contribution in [0.4, 0.5) is 11.4 Å². The van der Waals surface area contributed by atoms with E-state index in [1.54, 1.807) is 25.1 Å². The SMILES string of the molecule is Cc1cc([N+](=O)[O-])ccc1NC(=O)COC(=O)C(C)N=C1NS(=O)(=O)c2ccccc21. The molecule has 2 N–H and O–H groups in total. The van der Waals surface area contributed by atoms with E-state index in [1.807, 2.05) is 0 Å². The lowest BCUT2D eigenvalue weighted by atomic mass is 10.2. The van der Waals surface area contributed by atoms with E-state index < -0.39 is 39.5 Å². The smallest absolute Gasteiger partial charge is 0.331 e. The molecule has 11 nitrogen and oxygen atoms in total. The van der Waals surface area contributed by atoms with Crippen molar-refractivity contribution < 1.29 is 27.7 Å². The fourth-order valence-corrected chi connectivity index (χ4v) is 4.06. The summed E-state index contributed by atoms with van der Waals surface area (Å²) in [5, 5.41) is 13.3. The molecule has 0 radical (unpaired) electrons. The van der Waals surface area contributed by atoms with Crippen LogP contribution in [0, 0.1) is 17.0 Å². The Hall–Kier alpha value is -3.80. The molecule has 1 amide bonds. The second kappa shape index (κ2) is 8.52. The largest absolute Gasteiger partial charge is 0.454 e. The first-order chi connectivity index (χ1) is 14.6. The average molecular weight is 446 g/mol. The number of nitro benzene ring substituents is 1. The van der Waals surface area contributed by atoms with Crippen molar-refractivity contribution >= 4 is 39.1 Å². The Morgan fingerprint density at radius 2 is 1.97 bits per heavy atom. The van der Waals surface area contributed by atoms with Gasteiger partial charge in [0.05, 0.1) is 9.82 Å². The molecular formula is C19H18N4O7S. The number of non-ortho nitro benzene ring substituents is 1. The number of benzene rings is 2. The van der Waals surface area contributed by atoms with E-state index in [4.69, 9.17) is 4.74 Å². The lowest BCUT2D eigenvalue weighted by molar-refractivity contribution is -0.384. The highest BCUT2D eigenvalue weighted by atomic mass is 32.2. The first kappa shape index (κ1) is 21.9. The van der Waals surface area contributed by atoms with E-state index in [0.29, 0.717) is 16.8 Å². The molecule has 1 aliphatic heterocycles. The van der Waals surface area contributed by atoms with Crippen LogP contribution in [-0.2, 0) is 24.3 Å². The molecule has 0 saturated heterocycles. The fourth-order valence-electron chi connectivity index (χ4n) is 2.82. The second-order valence-corrected chi connectivity index (χ2v) is 8.32. The van der Waals surface area contributed by atoms with Crippen molar-refractivity contribution in [2.24, 2.45) is 4.99 Å². The number of esters is 1. The Balaban J connectivity index is 1.60. The number of carbonyl (C=O) groups excluding carboxylic acids is 2. The van der Waals surface area contributed by atoms with E-state index in [0.717, 1.165) is 0 Å². The molecule has 2 aromatic rings. The van der Waals surface area contributed by atoms with Gasteiger partial charge in [0.1, 0.15) is 11.9 Å². The number of ether oxygens (including phenoxy) is 1. The standard InChI is InChI=1S/C19H18N4O7S/c1-11-9-13(23(26)27)7-8-15(11)21-17(24)10-30-19(25)12(2)20-18-14-5-3-4-6-16(14)31(28,29)22-18/h3-9,12H,10H2,1-2H3,(H,20,22)(H,21,24). The number of amidine groups is 1. The summed E-state index contributed by atoms with van der Waals surface area (Å²) in [5.41, 5.74) is 1.05. The highest BCUT2D eigenvalue weighted by Crippen LogP contribution is 2.23. The molecule has 0 aromatic heterocycles. The van der Waals surface area contributed by atoms with Crippen molar-refractivity contribution in [3.8, 4) is 0 Å². The normalized spacial score (nSPS) is 16.1. The van der Waals surface area contributed by atoms with E-state index in [2.05, 4.69) is 15.0 Å². The van der Waals surface area contributed by atoms with Crippen molar-refractivity contribution in [1.29, 1.82) is 0 Å². The topological polar surface area (TPSA) is 157 Å². The Morgan fingerprint density at radius 1 is 1.26 bits per heavy atom. The number of hydrogen-bond donors (Lipinski definition) is 2. The van der Waals surface area contributed by atoms with Gasteiger partial charge in [-0.2, -0.15) is 0 Å². The van der Waals surface area contributed by atoms with E-state index >= 15 is 0 Å². The summed E-state index contributed by atoms with van der Waals surface area (Å²) in [4.78, 5) is 38.6. The van der Waals surface area contributed by atoms with E-state index in [9.17, 15) is 28.1 Å². The molecule has 0 fully saturated rings. The average Bonchev–Trinajstić information content (AvgIpc) is 2.97. The minimum atomic E-state index is -3.74. The summed E-state index contributed by atoms with van der Waals surface area (Å²) in [6.45, 7) is 2.39. The van der Waals surface area contributed by atoms with Crippen molar-refractivity contribution in [3.63, 3.8) is 0 Å². The van der Waals surface area contributed by atoms with Crippen molar-refractivity contribution in [2.75, 3.05) is 11.9 Å². The van der Waals surface area contributed by atoms with Crippen molar-refractivity contribution in [1.82, 2.24) is 4.72 Å². The van der Waals surface area contributed by atoms with Crippen LogP contribution in [-0.4, -0.2) is 43.7 Å². The zero-order chi connectivity index (χ0) is 22.8. The predicted octanol–water partition coefficient (Wildman–Crippen LogP) is 1.51. The molecule has 3 rings (SSSR count). The molecule has 1 unspecified atom stereocenters. The van der Waals surface area contributed by atoms with Gasteiger partial charge in [0.15, 0.2) is 6.61 Å². The molecule has 0 saturated carbocycles. The third-order valence-electron chi connectivity index (χ3n) is 4.37. The van der Waals surface area contributed by atoms with E-state index in [1.165, 1.54) is 31.2 Å². The third-order valence-corrected chi connectivity index (χ3v) is 5.76. The highest BCUT2D eigenvalue weighted by Gasteiger charge is 2.31. The number of hydrogen-bond acceptors (Lipinski definition) is 8. The van der Waals surface area contributed by atoms with Crippen molar-refractivity contribution in [2.45, 2.75) is 24.8 Å². The maximum absolute atomic E-state index is 12.2. The van der Waals surface area contributed by atoms with Crippen LogP contribution in [0.1, 0.15) is 18.1 Å². The van der Waals surface area contributed by atoms with Gasteiger partial charge in [0, 0.05) is 23.4 Å². The van der Waals surface area contributed by atoms with Gasteiger partial charge in [-0.05, 0) is 37.6 Å². The van der Waals surface area contributed by atoms with Gasteiger partial charge in [0.2, 0.25) is 0 Å². The second-order valence-electron chi connectivity index (χ2n) is 6.67. The minimum absolute atomic E-state index is 0.0195. The van der Waals surface area contributed by atoms with Gasteiger partial charge in [0.25, 0.3) is 21.6 Å². The molecule has 1 aliphatic rings. The highest BCUT2D eigenvalue weighted by molar-refractivity contribution is 7.90. The van der Waals surface area contributed by atoms with Gasteiger partial charge >= 0.3 is 5.97 Å². The molecule has 1 atom stereocenters. The summed E-state index contributed by atoms with van der Waals surface area (Å²) in [6, 6.07) is 9.06. The first-order valence-corrected chi connectivity index (χ1v) is 10.5. The molecule has 0 spiro atoms. The summed E-state index contributed by atoms with van der Waals surface area (Å²) >= 11 is 0. The van der Waals surface area contributed by atoms with Crippen LogP contribution in [0.15, 0.2) is 52.4 Å². The van der Waals surface area contributed by atoms with Gasteiger partial charge in [-0.25, -0.2) is 13.2 Å². The van der Waals surface area contributed by atoms with Gasteiger partial charge in [-0.1, -0.05) is 12.1 Å². The van der Waals surface area contributed by atoms with Crippen LogP contribution in [0.5, 0.6) is 0 Å². The van der Waals surface area contributed by atoms with Gasteiger partial charge < -0.3 is 10.1 Å². The lowest BCUT2D eigenvalue weighted by Crippen LogP contribution is -2.29. The molecular weight excluding hydrogens is 428 g/mol. The van der Waals surface area contributed by atoms with Crippen LogP contribution in [0.3, 0.4) is 0 Å². The van der Waals surface area contributed by atoms with Gasteiger partial charge in [-0.15, -0.1) is 0 Å². The number of aryl methyl sites for hydroxylation is 1. The molecule has 0 bridgehead atoms. The minimum Gasteiger partial charge on any atom is -0.454 e. The van der Waals surface area contributed by atoms with Crippen LogP contribution in [0.2, 0.25) is 0 Å². The number of anilines is 1. The maximum Gasteiger partial charge on any atom is 0.331 e. The van der Waals surface area contributed by atoms with E-state index in [-0.39, 0.29) is 16.4 Å². The predicted molar refractivity (Wildman–Crippen MR) is 110 cm³/mol. The number of nitrogens with zero attached hydrogens (tertiary/aromatic N) is 2. The Kier molecular flexibility index (Phi) is 6.02. The number of aliphatic imine (C=N–C) groups is 1. The molecule has 162 valence electrons. The Morgan fingerprint density at radius 3 is 2.65 bits per heavy atom.